The number of rotatable bonds is 1. The molecule has 0 N–H and O–H groups in total. The molecule has 0 heterocycles. The van der Waals surface area contributed by atoms with Gasteiger partial charge in [0, 0.05) is 19.8 Å². The van der Waals surface area contributed by atoms with Crippen molar-refractivity contribution < 1.29 is 9.53 Å². The van der Waals surface area contributed by atoms with Crippen LogP contribution in [0.4, 0.5) is 0 Å². The number of carbonyl (C=O) groups excluding carboxylic acids is 1. The van der Waals surface area contributed by atoms with Crippen LogP contribution in [-0.2, 0) is 9.53 Å². The SMILES string of the molecule is C#CC1(OC(C)=O)C[C@H](C)C[C@H](C)C1. The van der Waals surface area contributed by atoms with E-state index in [1.165, 1.54) is 13.3 Å². The average Bonchev–Trinajstić information content (AvgIpc) is 2.00. The Labute approximate surface area is 86.0 Å². The standard InChI is InChI=1S/C12H18O2/c1-5-12(14-11(4)13)7-9(2)6-10(3)8-12/h1,9-10H,6-8H2,2-4H3/t9-,10+,12?. The van der Waals surface area contributed by atoms with Crippen LogP contribution in [-0.4, -0.2) is 11.6 Å². The molecule has 0 bridgehead atoms. The summed E-state index contributed by atoms with van der Waals surface area (Å²) in [7, 11) is 0. The molecule has 0 spiro atoms. The van der Waals surface area contributed by atoms with Gasteiger partial charge in [0.15, 0.2) is 5.60 Å². The molecule has 1 aliphatic rings. The molecular formula is C12H18O2. The van der Waals surface area contributed by atoms with Crippen LogP contribution in [0.15, 0.2) is 0 Å². The third kappa shape index (κ3) is 2.51. The highest BCUT2D eigenvalue weighted by atomic mass is 16.6. The van der Waals surface area contributed by atoms with E-state index < -0.39 is 5.60 Å². The zero-order chi connectivity index (χ0) is 10.8. The summed E-state index contributed by atoms with van der Waals surface area (Å²) in [5.74, 6) is 3.47. The summed E-state index contributed by atoms with van der Waals surface area (Å²) in [6.07, 6.45) is 8.25. The molecule has 1 fully saturated rings. The topological polar surface area (TPSA) is 26.3 Å². The third-order valence-electron chi connectivity index (χ3n) is 2.76. The quantitative estimate of drug-likeness (QED) is 0.473. The number of esters is 1. The van der Waals surface area contributed by atoms with Crippen LogP contribution in [0.3, 0.4) is 0 Å². The Balaban J connectivity index is 2.78. The molecule has 2 nitrogen and oxygen atoms in total. The van der Waals surface area contributed by atoms with Gasteiger partial charge in [-0.05, 0) is 18.3 Å². The van der Waals surface area contributed by atoms with Gasteiger partial charge in [0.2, 0.25) is 0 Å². The minimum Gasteiger partial charge on any atom is -0.446 e. The van der Waals surface area contributed by atoms with Gasteiger partial charge < -0.3 is 4.74 Å². The monoisotopic (exact) mass is 194 g/mol. The van der Waals surface area contributed by atoms with Gasteiger partial charge in [-0.3, -0.25) is 4.79 Å². The first-order valence-electron chi connectivity index (χ1n) is 5.15. The van der Waals surface area contributed by atoms with Crippen molar-refractivity contribution in [2.24, 2.45) is 11.8 Å². The van der Waals surface area contributed by atoms with Crippen LogP contribution in [0.2, 0.25) is 0 Å². The Kier molecular flexibility index (Phi) is 3.21. The molecule has 1 aliphatic carbocycles. The van der Waals surface area contributed by atoms with Crippen molar-refractivity contribution in [3.8, 4) is 12.3 Å². The molecule has 0 saturated heterocycles. The van der Waals surface area contributed by atoms with Crippen molar-refractivity contribution in [3.63, 3.8) is 0 Å². The van der Waals surface area contributed by atoms with E-state index in [2.05, 4.69) is 19.8 Å². The predicted molar refractivity (Wildman–Crippen MR) is 55.5 cm³/mol. The lowest BCUT2D eigenvalue weighted by Gasteiger charge is -2.38. The Morgan fingerprint density at radius 3 is 2.29 bits per heavy atom. The molecule has 14 heavy (non-hydrogen) atoms. The summed E-state index contributed by atoms with van der Waals surface area (Å²) in [4.78, 5) is 11.0. The van der Waals surface area contributed by atoms with Gasteiger partial charge >= 0.3 is 5.97 Å². The van der Waals surface area contributed by atoms with Gasteiger partial charge in [-0.25, -0.2) is 0 Å². The predicted octanol–water partition coefficient (Wildman–Crippen LogP) is 2.38. The van der Waals surface area contributed by atoms with Crippen molar-refractivity contribution in [2.45, 2.75) is 45.6 Å². The maximum absolute atomic E-state index is 11.0. The van der Waals surface area contributed by atoms with Crippen molar-refractivity contribution in [1.29, 1.82) is 0 Å². The van der Waals surface area contributed by atoms with E-state index in [9.17, 15) is 4.79 Å². The summed E-state index contributed by atoms with van der Waals surface area (Å²) in [6.45, 7) is 5.74. The number of hydrogen-bond acceptors (Lipinski definition) is 2. The van der Waals surface area contributed by atoms with Gasteiger partial charge in [-0.15, -0.1) is 6.42 Å². The molecule has 1 unspecified atom stereocenters. The van der Waals surface area contributed by atoms with Crippen molar-refractivity contribution in [3.05, 3.63) is 0 Å². The third-order valence-corrected chi connectivity index (χ3v) is 2.76. The molecule has 0 amide bonds. The molecule has 0 radical (unpaired) electrons. The molecule has 0 aliphatic heterocycles. The van der Waals surface area contributed by atoms with Crippen LogP contribution in [0.1, 0.15) is 40.0 Å². The lowest BCUT2D eigenvalue weighted by molar-refractivity contribution is -0.156. The number of carbonyl (C=O) groups is 1. The summed E-state index contributed by atoms with van der Waals surface area (Å²) in [5.41, 5.74) is -0.636. The fraction of sp³-hybridized carbons (Fsp3) is 0.750. The second-order valence-corrected chi connectivity index (χ2v) is 4.59. The Hall–Kier alpha value is -0.970. The van der Waals surface area contributed by atoms with Gasteiger partial charge in [0.1, 0.15) is 0 Å². The van der Waals surface area contributed by atoms with Crippen molar-refractivity contribution in [1.82, 2.24) is 0 Å². The minimum absolute atomic E-state index is 0.274. The van der Waals surface area contributed by atoms with Gasteiger partial charge in [-0.2, -0.15) is 0 Å². The second-order valence-electron chi connectivity index (χ2n) is 4.59. The lowest BCUT2D eigenvalue weighted by atomic mass is 9.74. The van der Waals surface area contributed by atoms with E-state index in [1.54, 1.807) is 0 Å². The van der Waals surface area contributed by atoms with E-state index in [1.807, 2.05) is 0 Å². The summed E-state index contributed by atoms with van der Waals surface area (Å²) < 4.78 is 5.29. The highest BCUT2D eigenvalue weighted by molar-refractivity contribution is 5.67. The molecule has 1 saturated carbocycles. The largest absolute Gasteiger partial charge is 0.446 e. The van der Waals surface area contributed by atoms with Gasteiger partial charge in [0.25, 0.3) is 0 Å². The number of terminal acetylenes is 1. The molecule has 0 aromatic rings. The van der Waals surface area contributed by atoms with Crippen LogP contribution in [0.5, 0.6) is 0 Å². The summed E-state index contributed by atoms with van der Waals surface area (Å²) >= 11 is 0. The first kappa shape index (κ1) is 11.1. The van der Waals surface area contributed by atoms with E-state index in [0.717, 1.165) is 12.8 Å². The Morgan fingerprint density at radius 1 is 1.43 bits per heavy atom. The van der Waals surface area contributed by atoms with Gasteiger partial charge in [-0.1, -0.05) is 19.8 Å². The fourth-order valence-corrected chi connectivity index (χ4v) is 2.57. The normalized spacial score (nSPS) is 37.3. The van der Waals surface area contributed by atoms with E-state index in [0.29, 0.717) is 11.8 Å². The van der Waals surface area contributed by atoms with E-state index >= 15 is 0 Å². The molecule has 2 heteroatoms. The Bertz CT molecular complexity index is 252. The molecule has 3 atom stereocenters. The van der Waals surface area contributed by atoms with Crippen LogP contribution >= 0.6 is 0 Å². The number of ether oxygens (including phenoxy) is 1. The highest BCUT2D eigenvalue weighted by Crippen LogP contribution is 2.38. The van der Waals surface area contributed by atoms with Crippen molar-refractivity contribution >= 4 is 5.97 Å². The van der Waals surface area contributed by atoms with Gasteiger partial charge in [0.05, 0.1) is 0 Å². The maximum Gasteiger partial charge on any atom is 0.304 e. The van der Waals surface area contributed by atoms with Crippen LogP contribution in [0.25, 0.3) is 0 Å². The maximum atomic E-state index is 11.0. The lowest BCUT2D eigenvalue weighted by Crippen LogP contribution is -2.40. The minimum atomic E-state index is -0.636. The van der Waals surface area contributed by atoms with Crippen LogP contribution < -0.4 is 0 Å². The first-order valence-corrected chi connectivity index (χ1v) is 5.15. The zero-order valence-electron chi connectivity index (χ0n) is 9.17. The summed E-state index contributed by atoms with van der Waals surface area (Å²) in [5, 5.41) is 0. The molecule has 78 valence electrons. The smallest absolute Gasteiger partial charge is 0.304 e. The highest BCUT2D eigenvalue weighted by Gasteiger charge is 2.39. The van der Waals surface area contributed by atoms with Crippen molar-refractivity contribution in [2.75, 3.05) is 0 Å². The molecule has 0 aromatic carbocycles. The molecule has 1 rings (SSSR count). The second kappa shape index (κ2) is 4.04. The molecule has 0 aromatic heterocycles. The molecular weight excluding hydrogens is 176 g/mol. The average molecular weight is 194 g/mol. The fourth-order valence-electron chi connectivity index (χ4n) is 2.57. The summed E-state index contributed by atoms with van der Waals surface area (Å²) in [6, 6.07) is 0. The van der Waals surface area contributed by atoms with E-state index in [4.69, 9.17) is 11.2 Å². The van der Waals surface area contributed by atoms with E-state index in [-0.39, 0.29) is 5.97 Å². The Morgan fingerprint density at radius 2 is 1.93 bits per heavy atom. The number of hydrogen-bond donors (Lipinski definition) is 0. The van der Waals surface area contributed by atoms with Crippen LogP contribution in [0, 0.1) is 24.2 Å². The first-order chi connectivity index (χ1) is 6.47. The zero-order valence-corrected chi connectivity index (χ0v) is 9.17.